The van der Waals surface area contributed by atoms with E-state index in [2.05, 4.69) is 11.8 Å². The number of anilines is 1. The molecule has 2 aromatic heterocycles. The first kappa shape index (κ1) is 19.1. The molecule has 7 heteroatoms. The Kier molecular flexibility index (Phi) is 6.02. The van der Waals surface area contributed by atoms with Crippen LogP contribution in [0.3, 0.4) is 0 Å². The summed E-state index contributed by atoms with van der Waals surface area (Å²) in [5.41, 5.74) is 1.55. The van der Waals surface area contributed by atoms with Gasteiger partial charge in [-0.05, 0) is 25.0 Å². The van der Waals surface area contributed by atoms with Crippen molar-refractivity contribution in [2.45, 2.75) is 39.0 Å². The summed E-state index contributed by atoms with van der Waals surface area (Å²) >= 11 is 1.71. The third-order valence-corrected chi connectivity index (χ3v) is 6.04. The van der Waals surface area contributed by atoms with Crippen LogP contribution in [0.2, 0.25) is 0 Å². The summed E-state index contributed by atoms with van der Waals surface area (Å²) in [7, 11) is 0. The molecule has 1 aromatic carbocycles. The predicted octanol–water partition coefficient (Wildman–Crippen LogP) is 4.42. The molecule has 6 nitrogen and oxygen atoms in total. The van der Waals surface area contributed by atoms with E-state index in [9.17, 15) is 5.11 Å². The SMILES string of the molecule is CCCCCCc1nc2nc(-c3cccc(O)c3)nc(N3CCOCC3)c2s1. The van der Waals surface area contributed by atoms with E-state index in [1.54, 1.807) is 23.5 Å². The average molecular weight is 399 g/mol. The largest absolute Gasteiger partial charge is 0.508 e. The molecule has 0 amide bonds. The van der Waals surface area contributed by atoms with E-state index < -0.39 is 0 Å². The van der Waals surface area contributed by atoms with Crippen LogP contribution in [-0.4, -0.2) is 46.4 Å². The van der Waals surface area contributed by atoms with Gasteiger partial charge in [0.2, 0.25) is 0 Å². The molecule has 1 fully saturated rings. The fraction of sp³-hybridized carbons (Fsp3) is 0.476. The van der Waals surface area contributed by atoms with Crippen molar-refractivity contribution in [2.75, 3.05) is 31.2 Å². The lowest BCUT2D eigenvalue weighted by Gasteiger charge is -2.28. The number of rotatable bonds is 7. The number of aromatic nitrogens is 3. The summed E-state index contributed by atoms with van der Waals surface area (Å²) in [5.74, 6) is 1.75. The van der Waals surface area contributed by atoms with Crippen LogP contribution in [0.4, 0.5) is 5.82 Å². The fourth-order valence-electron chi connectivity index (χ4n) is 3.43. The highest BCUT2D eigenvalue weighted by Crippen LogP contribution is 2.33. The number of unbranched alkanes of at least 4 members (excludes halogenated alkanes) is 3. The smallest absolute Gasteiger partial charge is 0.176 e. The highest BCUT2D eigenvalue weighted by molar-refractivity contribution is 7.19. The number of hydrogen-bond donors (Lipinski definition) is 1. The number of ether oxygens (including phenoxy) is 1. The van der Waals surface area contributed by atoms with Crippen molar-refractivity contribution in [3.8, 4) is 17.1 Å². The minimum absolute atomic E-state index is 0.212. The standard InChI is InChI=1S/C21H26N4O2S/c1-2-3-4-5-9-17-22-20-18(28-17)21(25-10-12-27-13-11-25)24-19(23-20)15-7-6-8-16(26)14-15/h6-8,14,26H,2-5,9-13H2,1H3. The molecule has 0 bridgehead atoms. The van der Waals surface area contributed by atoms with Gasteiger partial charge in [-0.1, -0.05) is 38.3 Å². The molecule has 0 spiro atoms. The molecule has 3 aromatic rings. The minimum Gasteiger partial charge on any atom is -0.508 e. The zero-order chi connectivity index (χ0) is 19.3. The topological polar surface area (TPSA) is 71.4 Å². The quantitative estimate of drug-likeness (QED) is 0.594. The van der Waals surface area contributed by atoms with Crippen molar-refractivity contribution < 1.29 is 9.84 Å². The van der Waals surface area contributed by atoms with Crippen molar-refractivity contribution in [1.29, 1.82) is 0 Å². The monoisotopic (exact) mass is 398 g/mol. The lowest BCUT2D eigenvalue weighted by molar-refractivity contribution is 0.122. The fourth-order valence-corrected chi connectivity index (χ4v) is 4.49. The van der Waals surface area contributed by atoms with Crippen molar-refractivity contribution >= 4 is 27.5 Å². The number of phenolic OH excluding ortho intramolecular Hbond substituents is 1. The number of aryl methyl sites for hydroxylation is 1. The second-order valence-electron chi connectivity index (χ2n) is 7.09. The van der Waals surface area contributed by atoms with Crippen LogP contribution in [0, 0.1) is 0 Å². The first-order chi connectivity index (χ1) is 13.7. The Balaban J connectivity index is 1.72. The molecule has 1 saturated heterocycles. The molecule has 0 saturated carbocycles. The Hall–Kier alpha value is -2.25. The molecule has 0 radical (unpaired) electrons. The van der Waals surface area contributed by atoms with Gasteiger partial charge in [-0.3, -0.25) is 0 Å². The number of benzene rings is 1. The third-order valence-electron chi connectivity index (χ3n) is 4.94. The maximum atomic E-state index is 9.85. The van der Waals surface area contributed by atoms with Crippen LogP contribution in [0.5, 0.6) is 5.75 Å². The van der Waals surface area contributed by atoms with Gasteiger partial charge in [0.15, 0.2) is 17.3 Å². The first-order valence-corrected chi connectivity index (χ1v) is 10.9. The molecule has 3 heterocycles. The Bertz CT molecular complexity index is 937. The van der Waals surface area contributed by atoms with E-state index in [-0.39, 0.29) is 5.75 Å². The van der Waals surface area contributed by atoms with Crippen LogP contribution < -0.4 is 4.90 Å². The van der Waals surface area contributed by atoms with Crippen LogP contribution in [0.1, 0.15) is 37.6 Å². The molecule has 1 aliphatic rings. The second-order valence-corrected chi connectivity index (χ2v) is 8.18. The van der Waals surface area contributed by atoms with E-state index in [0.29, 0.717) is 19.0 Å². The number of thiazole rings is 1. The summed E-state index contributed by atoms with van der Waals surface area (Å²) in [6, 6.07) is 7.08. The van der Waals surface area contributed by atoms with Crippen molar-refractivity contribution in [3.05, 3.63) is 29.3 Å². The summed E-state index contributed by atoms with van der Waals surface area (Å²) in [5, 5.41) is 11.0. The molecule has 148 valence electrons. The zero-order valence-corrected chi connectivity index (χ0v) is 17.0. The molecule has 0 aliphatic carbocycles. The van der Waals surface area contributed by atoms with Gasteiger partial charge in [-0.15, -0.1) is 11.3 Å². The summed E-state index contributed by atoms with van der Waals surface area (Å²) in [4.78, 5) is 16.7. The van der Waals surface area contributed by atoms with E-state index in [1.807, 2.05) is 12.1 Å². The Labute approximate surface area is 169 Å². The van der Waals surface area contributed by atoms with E-state index in [0.717, 1.165) is 52.7 Å². The molecule has 28 heavy (non-hydrogen) atoms. The molecule has 0 unspecified atom stereocenters. The van der Waals surface area contributed by atoms with Crippen molar-refractivity contribution in [1.82, 2.24) is 15.0 Å². The predicted molar refractivity (Wildman–Crippen MR) is 113 cm³/mol. The number of nitrogens with zero attached hydrogens (tertiary/aromatic N) is 4. The number of fused-ring (bicyclic) bond motifs is 1. The Morgan fingerprint density at radius 1 is 1.11 bits per heavy atom. The second kappa shape index (κ2) is 8.84. The molecular weight excluding hydrogens is 372 g/mol. The molecule has 0 atom stereocenters. The summed E-state index contributed by atoms with van der Waals surface area (Å²) < 4.78 is 6.57. The van der Waals surface area contributed by atoms with Crippen LogP contribution in [0.15, 0.2) is 24.3 Å². The van der Waals surface area contributed by atoms with E-state index in [1.165, 1.54) is 19.3 Å². The van der Waals surface area contributed by atoms with Gasteiger partial charge in [-0.2, -0.15) is 0 Å². The first-order valence-electron chi connectivity index (χ1n) is 10.0. The average Bonchev–Trinajstić information content (AvgIpc) is 3.14. The number of phenols is 1. The van der Waals surface area contributed by atoms with Gasteiger partial charge in [-0.25, -0.2) is 15.0 Å². The van der Waals surface area contributed by atoms with Gasteiger partial charge >= 0.3 is 0 Å². The van der Waals surface area contributed by atoms with Crippen molar-refractivity contribution in [3.63, 3.8) is 0 Å². The van der Waals surface area contributed by atoms with Gasteiger partial charge in [0.25, 0.3) is 0 Å². The third kappa shape index (κ3) is 4.25. The van der Waals surface area contributed by atoms with Gasteiger partial charge < -0.3 is 14.7 Å². The van der Waals surface area contributed by atoms with Gasteiger partial charge in [0, 0.05) is 18.7 Å². The zero-order valence-electron chi connectivity index (χ0n) is 16.2. The lowest BCUT2D eigenvalue weighted by Crippen LogP contribution is -2.36. The maximum Gasteiger partial charge on any atom is 0.176 e. The summed E-state index contributed by atoms with van der Waals surface area (Å²) in [6.45, 7) is 5.26. The molecule has 4 rings (SSSR count). The minimum atomic E-state index is 0.212. The van der Waals surface area contributed by atoms with Crippen LogP contribution >= 0.6 is 11.3 Å². The Morgan fingerprint density at radius 2 is 1.96 bits per heavy atom. The van der Waals surface area contributed by atoms with Crippen LogP contribution in [0.25, 0.3) is 21.7 Å². The highest BCUT2D eigenvalue weighted by atomic mass is 32.1. The highest BCUT2D eigenvalue weighted by Gasteiger charge is 2.21. The maximum absolute atomic E-state index is 9.85. The normalized spacial score (nSPS) is 14.7. The molecular formula is C21H26N4O2S. The number of morpholine rings is 1. The van der Waals surface area contributed by atoms with E-state index >= 15 is 0 Å². The molecule has 1 N–H and O–H groups in total. The molecule has 1 aliphatic heterocycles. The summed E-state index contributed by atoms with van der Waals surface area (Å²) in [6.07, 6.45) is 5.90. The lowest BCUT2D eigenvalue weighted by atomic mass is 10.2. The van der Waals surface area contributed by atoms with E-state index in [4.69, 9.17) is 19.7 Å². The van der Waals surface area contributed by atoms with Crippen molar-refractivity contribution in [2.24, 2.45) is 0 Å². The van der Waals surface area contributed by atoms with Gasteiger partial charge in [0.05, 0.1) is 18.2 Å². The number of hydrogen-bond acceptors (Lipinski definition) is 7. The Morgan fingerprint density at radius 3 is 2.75 bits per heavy atom. The number of aromatic hydroxyl groups is 1. The van der Waals surface area contributed by atoms with Gasteiger partial charge in [0.1, 0.15) is 10.4 Å². The van der Waals surface area contributed by atoms with Crippen LogP contribution in [-0.2, 0) is 11.2 Å².